The van der Waals surface area contributed by atoms with Crippen molar-refractivity contribution < 1.29 is 20.4 Å². The highest BCUT2D eigenvalue weighted by Crippen LogP contribution is 2.31. The molecule has 0 saturated carbocycles. The minimum absolute atomic E-state index is 0.251. The van der Waals surface area contributed by atoms with Gasteiger partial charge in [-0.1, -0.05) is 43.3 Å². The molecule has 35 heavy (non-hydrogen) atoms. The first-order chi connectivity index (χ1) is 16.5. The highest BCUT2D eigenvalue weighted by Gasteiger charge is 2.12. The lowest BCUT2D eigenvalue weighted by molar-refractivity contribution is 0.461. The number of phenols is 4. The van der Waals surface area contributed by atoms with Crippen LogP contribution in [0, 0.1) is 27.7 Å². The zero-order valence-electron chi connectivity index (χ0n) is 21.0. The first-order valence-electron chi connectivity index (χ1n) is 11.7. The number of hydrogen-bond donors (Lipinski definition) is 4. The molecule has 0 bridgehead atoms. The van der Waals surface area contributed by atoms with Gasteiger partial charge >= 0.3 is 0 Å². The van der Waals surface area contributed by atoms with Crippen molar-refractivity contribution in [3.63, 3.8) is 0 Å². The van der Waals surface area contributed by atoms with Gasteiger partial charge < -0.3 is 20.4 Å². The molecule has 0 spiro atoms. The largest absolute Gasteiger partial charge is 0.508 e. The van der Waals surface area contributed by atoms with Crippen molar-refractivity contribution in [1.29, 1.82) is 0 Å². The SMILES string of the molecule is CC(c1ccc(O)cc1)c1ccc(O)cc1.Cc1cc(C)c(Cc2c(C)cc(C)cc2O)c(O)c1. The lowest BCUT2D eigenvalue weighted by atomic mass is 9.93. The third-order valence-electron chi connectivity index (χ3n) is 6.33. The third kappa shape index (κ3) is 6.57. The number of hydrogen-bond acceptors (Lipinski definition) is 4. The van der Waals surface area contributed by atoms with Crippen molar-refractivity contribution in [2.75, 3.05) is 0 Å². The van der Waals surface area contributed by atoms with Gasteiger partial charge in [0.25, 0.3) is 0 Å². The molecule has 182 valence electrons. The van der Waals surface area contributed by atoms with Gasteiger partial charge in [-0.15, -0.1) is 0 Å². The summed E-state index contributed by atoms with van der Waals surface area (Å²) in [5.74, 6) is 1.42. The summed E-state index contributed by atoms with van der Waals surface area (Å²) in [6, 6.07) is 22.0. The fourth-order valence-corrected chi connectivity index (χ4v) is 4.31. The maximum absolute atomic E-state index is 10.1. The van der Waals surface area contributed by atoms with Crippen LogP contribution in [0.5, 0.6) is 23.0 Å². The second-order valence-electron chi connectivity index (χ2n) is 9.24. The molecule has 0 amide bonds. The van der Waals surface area contributed by atoms with Crippen LogP contribution in [0.3, 0.4) is 0 Å². The Bertz CT molecular complexity index is 1140. The van der Waals surface area contributed by atoms with Crippen molar-refractivity contribution in [3.8, 4) is 23.0 Å². The minimum Gasteiger partial charge on any atom is -0.508 e. The van der Waals surface area contributed by atoms with E-state index in [1.807, 2.05) is 52.0 Å². The molecule has 0 aliphatic heterocycles. The lowest BCUT2D eigenvalue weighted by Gasteiger charge is -2.14. The van der Waals surface area contributed by atoms with E-state index >= 15 is 0 Å². The molecule has 0 heterocycles. The molecular formula is C31H34O4. The average Bonchev–Trinajstić information content (AvgIpc) is 2.78. The summed E-state index contributed by atoms with van der Waals surface area (Å²) in [5, 5.41) is 38.6. The molecule has 4 aromatic rings. The van der Waals surface area contributed by atoms with Crippen LogP contribution in [0.25, 0.3) is 0 Å². The van der Waals surface area contributed by atoms with Crippen LogP contribution >= 0.6 is 0 Å². The Morgan fingerprint density at radius 1 is 0.543 bits per heavy atom. The number of phenolic OH excluding ortho intramolecular Hbond substituents is 4. The molecule has 0 saturated heterocycles. The van der Waals surface area contributed by atoms with E-state index in [0.29, 0.717) is 17.9 Å². The summed E-state index contributed by atoms with van der Waals surface area (Å²) in [5.41, 5.74) is 8.24. The summed E-state index contributed by atoms with van der Waals surface area (Å²) in [6.45, 7) is 10.0. The van der Waals surface area contributed by atoms with E-state index in [2.05, 4.69) is 19.1 Å². The van der Waals surface area contributed by atoms with Gasteiger partial charge in [-0.3, -0.25) is 0 Å². The topological polar surface area (TPSA) is 80.9 Å². The van der Waals surface area contributed by atoms with Gasteiger partial charge in [-0.25, -0.2) is 0 Å². The van der Waals surface area contributed by atoms with Gasteiger partial charge in [0.05, 0.1) is 0 Å². The van der Waals surface area contributed by atoms with Crippen LogP contribution in [-0.4, -0.2) is 20.4 Å². The van der Waals surface area contributed by atoms with Crippen molar-refractivity contribution in [2.45, 2.75) is 47.0 Å². The average molecular weight is 471 g/mol. The molecule has 0 atom stereocenters. The van der Waals surface area contributed by atoms with Crippen molar-refractivity contribution in [2.24, 2.45) is 0 Å². The van der Waals surface area contributed by atoms with Crippen LogP contribution in [0.2, 0.25) is 0 Å². The molecule has 4 aromatic carbocycles. The number of benzene rings is 4. The van der Waals surface area contributed by atoms with Crippen molar-refractivity contribution >= 4 is 0 Å². The smallest absolute Gasteiger partial charge is 0.119 e. The zero-order chi connectivity index (χ0) is 25.7. The standard InChI is InChI=1S/C17H20O2.C14H14O2/c1-10-5-12(3)14(16(18)7-10)9-15-13(4)6-11(2)8-17(15)19;1-10(11-2-6-13(15)7-3-11)12-4-8-14(16)9-5-12/h5-8,18-19H,9H2,1-4H3;2-10,15-16H,1H3. The van der Waals surface area contributed by atoms with E-state index in [1.165, 1.54) is 0 Å². The van der Waals surface area contributed by atoms with E-state index in [9.17, 15) is 20.4 Å². The molecule has 0 unspecified atom stereocenters. The third-order valence-corrected chi connectivity index (χ3v) is 6.33. The second-order valence-corrected chi connectivity index (χ2v) is 9.24. The van der Waals surface area contributed by atoms with Gasteiger partial charge in [0.15, 0.2) is 0 Å². The highest BCUT2D eigenvalue weighted by molar-refractivity contribution is 5.50. The quantitative estimate of drug-likeness (QED) is 0.255. The molecule has 0 aromatic heterocycles. The number of aromatic hydroxyl groups is 4. The van der Waals surface area contributed by atoms with Gasteiger partial charge in [0.2, 0.25) is 0 Å². The monoisotopic (exact) mass is 470 g/mol. The summed E-state index contributed by atoms with van der Waals surface area (Å²) in [7, 11) is 0. The Hall–Kier alpha value is -3.92. The van der Waals surface area contributed by atoms with E-state index < -0.39 is 0 Å². The van der Waals surface area contributed by atoms with Crippen molar-refractivity contribution in [3.05, 3.63) is 117 Å². The van der Waals surface area contributed by atoms with Crippen LogP contribution in [0.1, 0.15) is 57.3 Å². The van der Waals surface area contributed by atoms with Crippen LogP contribution in [-0.2, 0) is 6.42 Å². The predicted octanol–water partition coefficient (Wildman–Crippen LogP) is 7.17. The summed E-state index contributed by atoms with van der Waals surface area (Å²) in [4.78, 5) is 0. The zero-order valence-corrected chi connectivity index (χ0v) is 21.0. The molecule has 4 nitrogen and oxygen atoms in total. The van der Waals surface area contributed by atoms with E-state index in [4.69, 9.17) is 0 Å². The number of aryl methyl sites for hydroxylation is 4. The lowest BCUT2D eigenvalue weighted by Crippen LogP contribution is -1.97. The van der Waals surface area contributed by atoms with Gasteiger partial charge in [-0.05, 0) is 97.5 Å². The maximum atomic E-state index is 10.1. The molecule has 0 fully saturated rings. The highest BCUT2D eigenvalue weighted by atomic mass is 16.3. The molecule has 4 heteroatoms. The van der Waals surface area contributed by atoms with Crippen LogP contribution in [0.15, 0.2) is 72.8 Å². The van der Waals surface area contributed by atoms with E-state index in [-0.39, 0.29) is 17.4 Å². The summed E-state index contributed by atoms with van der Waals surface area (Å²) in [6.07, 6.45) is 0.551. The fourth-order valence-electron chi connectivity index (χ4n) is 4.31. The predicted molar refractivity (Wildman–Crippen MR) is 142 cm³/mol. The first kappa shape index (κ1) is 25.7. The molecule has 4 rings (SSSR count). The van der Waals surface area contributed by atoms with Gasteiger partial charge in [0, 0.05) is 23.5 Å². The Kier molecular flexibility index (Phi) is 8.08. The Morgan fingerprint density at radius 3 is 1.20 bits per heavy atom. The van der Waals surface area contributed by atoms with Gasteiger partial charge in [0.1, 0.15) is 23.0 Å². The number of rotatable bonds is 4. The Balaban J connectivity index is 0.000000198. The second kappa shape index (κ2) is 11.0. The Labute approximate surface area is 207 Å². The van der Waals surface area contributed by atoms with Crippen LogP contribution < -0.4 is 0 Å². The molecule has 0 aliphatic rings. The summed E-state index contributed by atoms with van der Waals surface area (Å²) >= 11 is 0. The molecular weight excluding hydrogens is 436 g/mol. The van der Waals surface area contributed by atoms with Crippen molar-refractivity contribution in [1.82, 2.24) is 0 Å². The van der Waals surface area contributed by atoms with Crippen LogP contribution in [0.4, 0.5) is 0 Å². The Morgan fingerprint density at radius 2 is 0.886 bits per heavy atom. The molecule has 4 N–H and O–H groups in total. The first-order valence-corrected chi connectivity index (χ1v) is 11.7. The van der Waals surface area contributed by atoms with Gasteiger partial charge in [-0.2, -0.15) is 0 Å². The fraction of sp³-hybridized carbons (Fsp3) is 0.226. The minimum atomic E-state index is 0.251. The molecule has 0 radical (unpaired) electrons. The maximum Gasteiger partial charge on any atom is 0.119 e. The van der Waals surface area contributed by atoms with E-state index in [0.717, 1.165) is 44.5 Å². The summed E-state index contributed by atoms with van der Waals surface area (Å²) < 4.78 is 0. The molecule has 0 aliphatic carbocycles. The van der Waals surface area contributed by atoms with E-state index in [1.54, 1.807) is 36.4 Å². The normalized spacial score (nSPS) is 10.7.